The molecule has 0 spiro atoms. The van der Waals surface area contributed by atoms with Crippen LogP contribution in [0.1, 0.15) is 11.1 Å². The lowest BCUT2D eigenvalue weighted by molar-refractivity contribution is -0.907. The number of fused-ring (bicyclic) bond motifs is 1. The Balaban J connectivity index is 1.66. The molecule has 1 atom stereocenters. The van der Waals surface area contributed by atoms with E-state index in [1.165, 1.54) is 16.0 Å². The van der Waals surface area contributed by atoms with E-state index in [1.54, 1.807) is 21.3 Å². The number of quaternary nitrogens is 1. The highest BCUT2D eigenvalue weighted by molar-refractivity contribution is 5.92. The molecule has 2 aromatic rings. The lowest BCUT2D eigenvalue weighted by atomic mass is 9.99. The van der Waals surface area contributed by atoms with Gasteiger partial charge in [-0.1, -0.05) is 12.1 Å². The Morgan fingerprint density at radius 3 is 2.35 bits per heavy atom. The molecule has 0 aliphatic carbocycles. The summed E-state index contributed by atoms with van der Waals surface area (Å²) in [4.78, 5) is 13.7. The maximum atomic E-state index is 12.5. The average Bonchev–Trinajstić information content (AvgIpc) is 2.67. The Morgan fingerprint density at radius 2 is 1.65 bits per heavy atom. The van der Waals surface area contributed by atoms with Crippen molar-refractivity contribution in [1.29, 1.82) is 0 Å². The maximum Gasteiger partial charge on any atom is 0.279 e. The van der Waals surface area contributed by atoms with Gasteiger partial charge in [-0.3, -0.25) is 4.79 Å². The van der Waals surface area contributed by atoms with Crippen LogP contribution in [0.3, 0.4) is 0 Å². The molecule has 3 rings (SSSR count). The molecular formula is C20H25N2O4+. The topological polar surface area (TPSA) is 61.2 Å². The zero-order valence-electron chi connectivity index (χ0n) is 15.4. The van der Waals surface area contributed by atoms with Gasteiger partial charge in [0.05, 0.1) is 33.6 Å². The predicted octanol–water partition coefficient (Wildman–Crippen LogP) is 1.29. The number of methoxy groups -OCH3 is 3. The largest absolute Gasteiger partial charge is 0.495 e. The summed E-state index contributed by atoms with van der Waals surface area (Å²) < 4.78 is 16.1. The number of ether oxygens (including phenoxy) is 3. The monoisotopic (exact) mass is 357 g/mol. The van der Waals surface area contributed by atoms with Crippen molar-refractivity contribution < 1.29 is 23.9 Å². The van der Waals surface area contributed by atoms with Gasteiger partial charge in [0.15, 0.2) is 18.0 Å². The van der Waals surface area contributed by atoms with Crippen LogP contribution in [0.5, 0.6) is 17.2 Å². The highest BCUT2D eigenvalue weighted by atomic mass is 16.5. The van der Waals surface area contributed by atoms with E-state index in [1.807, 2.05) is 36.4 Å². The standard InChI is InChI=1S/C20H24N2O4/c1-24-17-7-5-4-6-16(17)21-20(23)13-22-9-8-14-10-18(25-2)19(26-3)11-15(14)12-22/h4-7,10-11H,8-9,12-13H2,1-3H3,(H,21,23)/p+1. The summed E-state index contributed by atoms with van der Waals surface area (Å²) in [6.45, 7) is 2.10. The number of rotatable bonds is 6. The third-order valence-electron chi connectivity index (χ3n) is 4.69. The summed E-state index contributed by atoms with van der Waals surface area (Å²) >= 11 is 0. The number of hydrogen-bond donors (Lipinski definition) is 2. The molecule has 1 aliphatic heterocycles. The van der Waals surface area contributed by atoms with Gasteiger partial charge in [-0.2, -0.15) is 0 Å². The summed E-state index contributed by atoms with van der Waals surface area (Å²) in [6, 6.07) is 11.5. The van der Waals surface area contributed by atoms with Gasteiger partial charge < -0.3 is 24.4 Å². The summed E-state index contributed by atoms with van der Waals surface area (Å²) in [6.07, 6.45) is 0.910. The maximum absolute atomic E-state index is 12.5. The van der Waals surface area contributed by atoms with Crippen LogP contribution in [0.15, 0.2) is 36.4 Å². The molecule has 0 fully saturated rings. The number of benzene rings is 2. The van der Waals surface area contributed by atoms with Crippen LogP contribution in [0.2, 0.25) is 0 Å². The van der Waals surface area contributed by atoms with Gasteiger partial charge in [0.2, 0.25) is 0 Å². The van der Waals surface area contributed by atoms with Gasteiger partial charge in [-0.25, -0.2) is 0 Å². The third kappa shape index (κ3) is 3.91. The predicted molar refractivity (Wildman–Crippen MR) is 99.3 cm³/mol. The van der Waals surface area contributed by atoms with E-state index in [0.29, 0.717) is 18.0 Å². The zero-order valence-corrected chi connectivity index (χ0v) is 15.4. The van der Waals surface area contributed by atoms with E-state index in [2.05, 4.69) is 5.32 Å². The van der Waals surface area contributed by atoms with Gasteiger partial charge >= 0.3 is 0 Å². The second kappa shape index (κ2) is 8.10. The first-order chi connectivity index (χ1) is 12.6. The number of para-hydroxylation sites is 2. The zero-order chi connectivity index (χ0) is 18.5. The number of amides is 1. The minimum absolute atomic E-state index is 0.0200. The molecule has 2 aromatic carbocycles. The lowest BCUT2D eigenvalue weighted by Crippen LogP contribution is -3.12. The molecule has 6 nitrogen and oxygen atoms in total. The van der Waals surface area contributed by atoms with E-state index >= 15 is 0 Å². The molecule has 0 saturated heterocycles. The summed E-state index contributed by atoms with van der Waals surface area (Å²) in [5.41, 5.74) is 3.16. The molecule has 0 radical (unpaired) electrons. The summed E-state index contributed by atoms with van der Waals surface area (Å²) in [5, 5.41) is 2.94. The van der Waals surface area contributed by atoms with Crippen molar-refractivity contribution in [3.05, 3.63) is 47.5 Å². The van der Waals surface area contributed by atoms with Crippen molar-refractivity contribution in [2.24, 2.45) is 0 Å². The smallest absolute Gasteiger partial charge is 0.279 e. The van der Waals surface area contributed by atoms with Crippen molar-refractivity contribution in [2.45, 2.75) is 13.0 Å². The highest BCUT2D eigenvalue weighted by Gasteiger charge is 2.24. The van der Waals surface area contributed by atoms with Crippen LogP contribution >= 0.6 is 0 Å². The van der Waals surface area contributed by atoms with Crippen LogP contribution in [0, 0.1) is 0 Å². The SMILES string of the molecule is COc1ccccc1NC(=O)C[NH+]1CCc2cc(OC)c(OC)cc2C1. The van der Waals surface area contributed by atoms with E-state index < -0.39 is 0 Å². The van der Waals surface area contributed by atoms with Crippen LogP contribution in [-0.4, -0.2) is 40.3 Å². The molecule has 1 heterocycles. The fraction of sp³-hybridized carbons (Fsp3) is 0.350. The molecule has 2 N–H and O–H groups in total. The van der Waals surface area contributed by atoms with Gasteiger partial charge in [-0.05, 0) is 29.8 Å². The molecule has 6 heteroatoms. The number of carbonyl (C=O) groups is 1. The van der Waals surface area contributed by atoms with E-state index in [-0.39, 0.29) is 5.91 Å². The van der Waals surface area contributed by atoms with Gasteiger partial charge in [0.1, 0.15) is 12.3 Å². The Kier molecular flexibility index (Phi) is 5.63. The lowest BCUT2D eigenvalue weighted by Gasteiger charge is -2.26. The minimum atomic E-state index is -0.0200. The Morgan fingerprint density at radius 1 is 1.00 bits per heavy atom. The second-order valence-electron chi connectivity index (χ2n) is 6.33. The number of nitrogens with one attached hydrogen (secondary N) is 2. The van der Waals surface area contributed by atoms with Crippen LogP contribution in [0.25, 0.3) is 0 Å². The Labute approximate surface area is 153 Å². The quantitative estimate of drug-likeness (QED) is 0.818. The first kappa shape index (κ1) is 18.1. The number of carbonyl (C=O) groups excluding carboxylic acids is 1. The first-order valence-corrected chi connectivity index (χ1v) is 8.64. The van der Waals surface area contributed by atoms with Gasteiger partial charge in [-0.15, -0.1) is 0 Å². The number of anilines is 1. The molecule has 138 valence electrons. The fourth-order valence-corrected chi connectivity index (χ4v) is 3.35. The van der Waals surface area contributed by atoms with Crippen molar-refractivity contribution in [3.63, 3.8) is 0 Å². The molecule has 0 saturated carbocycles. The average molecular weight is 357 g/mol. The van der Waals surface area contributed by atoms with Crippen molar-refractivity contribution in [1.82, 2.24) is 0 Å². The molecule has 1 aliphatic rings. The summed E-state index contributed by atoms with van der Waals surface area (Å²) in [7, 11) is 4.88. The van der Waals surface area contributed by atoms with Crippen molar-refractivity contribution in [2.75, 3.05) is 39.7 Å². The van der Waals surface area contributed by atoms with Gasteiger partial charge in [0.25, 0.3) is 5.91 Å². The molecule has 0 bridgehead atoms. The molecule has 1 unspecified atom stereocenters. The van der Waals surface area contributed by atoms with Gasteiger partial charge in [0, 0.05) is 12.0 Å². The molecular weight excluding hydrogens is 332 g/mol. The minimum Gasteiger partial charge on any atom is -0.495 e. The molecule has 26 heavy (non-hydrogen) atoms. The fourth-order valence-electron chi connectivity index (χ4n) is 3.35. The van der Waals surface area contributed by atoms with Crippen molar-refractivity contribution in [3.8, 4) is 17.2 Å². The molecule has 0 aromatic heterocycles. The number of hydrogen-bond acceptors (Lipinski definition) is 4. The first-order valence-electron chi connectivity index (χ1n) is 8.64. The van der Waals surface area contributed by atoms with E-state index in [4.69, 9.17) is 14.2 Å². The van der Waals surface area contributed by atoms with Crippen molar-refractivity contribution >= 4 is 11.6 Å². The van der Waals surface area contributed by atoms with E-state index in [9.17, 15) is 4.79 Å². The Hall–Kier alpha value is -2.73. The van der Waals surface area contributed by atoms with E-state index in [0.717, 1.165) is 31.0 Å². The second-order valence-corrected chi connectivity index (χ2v) is 6.33. The van der Waals surface area contributed by atoms with Crippen LogP contribution < -0.4 is 24.4 Å². The third-order valence-corrected chi connectivity index (χ3v) is 4.69. The summed E-state index contributed by atoms with van der Waals surface area (Å²) in [5.74, 6) is 2.12. The molecule has 1 amide bonds. The highest BCUT2D eigenvalue weighted by Crippen LogP contribution is 2.31. The Bertz CT molecular complexity index is 791. The van der Waals surface area contributed by atoms with Crippen LogP contribution in [0.4, 0.5) is 5.69 Å². The normalized spacial score (nSPS) is 15.7. The van der Waals surface area contributed by atoms with Crippen LogP contribution in [-0.2, 0) is 17.8 Å².